The van der Waals surface area contributed by atoms with Crippen molar-refractivity contribution in [2.45, 2.75) is 291 Å². The zero-order valence-corrected chi connectivity index (χ0v) is 45.9. The molecule has 1 fully saturated rings. The Balaban J connectivity index is -0.0000000344. The molecule has 0 aromatic rings. The summed E-state index contributed by atoms with van der Waals surface area (Å²) in [6.45, 7) is 75.3. The Morgan fingerprint density at radius 2 is 0.839 bits per heavy atom. The van der Waals surface area contributed by atoms with E-state index in [0.717, 1.165) is 19.6 Å². The van der Waals surface area contributed by atoms with Crippen molar-refractivity contribution in [3.63, 3.8) is 0 Å². The number of carbonyl (C=O) groups is 1. The van der Waals surface area contributed by atoms with E-state index in [0.29, 0.717) is 22.3 Å². The summed E-state index contributed by atoms with van der Waals surface area (Å²) in [6, 6.07) is 0.713. The van der Waals surface area contributed by atoms with Gasteiger partial charge in [0.05, 0.1) is 0 Å². The third-order valence-electron chi connectivity index (χ3n) is 5.98. The van der Waals surface area contributed by atoms with Crippen LogP contribution in [-0.4, -0.2) is 43.0 Å². The van der Waals surface area contributed by atoms with Crippen LogP contribution in [0.3, 0.4) is 0 Å². The third-order valence-corrected chi connectivity index (χ3v) is 5.98. The lowest BCUT2D eigenvalue weighted by Gasteiger charge is -2.31. The van der Waals surface area contributed by atoms with E-state index in [4.69, 9.17) is 10.5 Å². The van der Waals surface area contributed by atoms with E-state index in [-0.39, 0.29) is 13.0 Å². The molecule has 0 saturated carbocycles. The molecule has 1 aliphatic heterocycles. The SMILES string of the molecule is C.C=C(C)C.C=O.CC.CC.CC.CC.CC(C)N1CCNC1.CCC.CCC.CCC.CCC(C)(C)CC(C)(C)C.CCC(C)(C)CC(C)(C)N.CCCC. The maximum atomic E-state index is 8.00. The fourth-order valence-electron chi connectivity index (χ4n) is 3.88. The highest BCUT2D eigenvalue weighted by atomic mass is 16.1. The minimum absolute atomic E-state index is 0. The molecule has 4 heteroatoms. The molecule has 0 unspecified atom stereocenters. The molecule has 56 heavy (non-hydrogen) atoms. The summed E-state index contributed by atoms with van der Waals surface area (Å²) in [5.74, 6) is 0. The number of nitrogens with two attached hydrogens (primary N) is 1. The Morgan fingerprint density at radius 1 is 0.607 bits per heavy atom. The third kappa shape index (κ3) is 170. The monoisotopic (exact) mass is 812 g/mol. The molecule has 0 atom stereocenters. The Labute approximate surface area is 366 Å². The second-order valence-electron chi connectivity index (χ2n) is 16.8. The van der Waals surface area contributed by atoms with Gasteiger partial charge in [0, 0.05) is 31.3 Å². The highest BCUT2D eigenvalue weighted by Gasteiger charge is 2.24. The maximum Gasteiger partial charge on any atom is 0.106 e. The lowest BCUT2D eigenvalue weighted by atomic mass is 9.75. The van der Waals surface area contributed by atoms with Crippen molar-refractivity contribution < 1.29 is 4.79 Å². The van der Waals surface area contributed by atoms with E-state index in [2.05, 4.69) is 162 Å². The Morgan fingerprint density at radius 3 is 0.911 bits per heavy atom. The van der Waals surface area contributed by atoms with Crippen LogP contribution in [0.5, 0.6) is 0 Å². The standard InChI is InChI=1S/C10H22.C9H21N.C6H14N2.C4H8.C4H10.3C3H8.4C2H6.CH2O.CH4/c1-7-10(5,6)8-9(2,3)4;1-6-8(2,3)7-9(4,5)10;1-6(2)8-4-3-7-5-8;1-4(2)3;1-3-4-2;3*1-3-2;5*1-2;/h7-8H2,1-6H3;6-7,10H2,1-5H3;6-7H,3-5H2,1-2H3;1H2,2-3H3;3-4H2,1-2H3;3*3H2,1-2H3;4*1-2H3;1H2;1H4. The lowest BCUT2D eigenvalue weighted by Crippen LogP contribution is -2.37. The van der Waals surface area contributed by atoms with Gasteiger partial charge in [-0.25, -0.2) is 0 Å². The van der Waals surface area contributed by atoms with E-state index in [1.165, 1.54) is 63.5 Å². The summed E-state index contributed by atoms with van der Waals surface area (Å²) >= 11 is 0. The van der Waals surface area contributed by atoms with E-state index in [1.807, 2.05) is 76.0 Å². The van der Waals surface area contributed by atoms with E-state index >= 15 is 0 Å². The molecular formula is C52H129N3O. The average molecular weight is 813 g/mol. The van der Waals surface area contributed by atoms with E-state index < -0.39 is 0 Å². The van der Waals surface area contributed by atoms with Gasteiger partial charge in [-0.2, -0.15) is 0 Å². The largest absolute Gasteiger partial charge is 0.326 e. The summed E-state index contributed by atoms with van der Waals surface area (Å²) in [5.41, 5.74) is 8.46. The van der Waals surface area contributed by atoms with Crippen molar-refractivity contribution in [2.24, 2.45) is 22.0 Å². The predicted octanol–water partition coefficient (Wildman–Crippen LogP) is 18.9. The fraction of sp³-hybridized carbons (Fsp3) is 0.942. The van der Waals surface area contributed by atoms with Crippen molar-refractivity contribution in [3.8, 4) is 0 Å². The Bertz CT molecular complexity index is 511. The van der Waals surface area contributed by atoms with Crippen LogP contribution in [0.15, 0.2) is 12.2 Å². The number of carbonyl (C=O) groups excluding carboxylic acids is 1. The highest BCUT2D eigenvalue weighted by Crippen LogP contribution is 2.35. The number of allylic oxidation sites excluding steroid dienone is 1. The van der Waals surface area contributed by atoms with Gasteiger partial charge in [0.25, 0.3) is 0 Å². The average Bonchev–Trinajstić information content (AvgIpc) is 3.65. The van der Waals surface area contributed by atoms with E-state index in [9.17, 15) is 0 Å². The normalized spacial score (nSPS) is 10.7. The number of hydrogen-bond donors (Lipinski definition) is 2. The number of nitrogens with zero attached hydrogens (tertiary/aromatic N) is 1. The molecular weight excluding hydrogens is 683 g/mol. The first-order valence-corrected chi connectivity index (χ1v) is 23.4. The van der Waals surface area contributed by atoms with Crippen LogP contribution in [-0.2, 0) is 4.79 Å². The second kappa shape index (κ2) is 75.2. The number of hydrogen-bond acceptors (Lipinski definition) is 4. The summed E-state index contributed by atoms with van der Waals surface area (Å²) < 4.78 is 0. The minimum atomic E-state index is -0.0144. The van der Waals surface area contributed by atoms with Crippen molar-refractivity contribution in [2.75, 3.05) is 19.8 Å². The quantitative estimate of drug-likeness (QED) is 0.251. The van der Waals surface area contributed by atoms with Crippen molar-refractivity contribution in [1.29, 1.82) is 0 Å². The van der Waals surface area contributed by atoms with Crippen LogP contribution in [0.25, 0.3) is 0 Å². The molecule has 0 radical (unpaired) electrons. The van der Waals surface area contributed by atoms with Gasteiger partial charge in [0.15, 0.2) is 0 Å². The molecule has 1 heterocycles. The van der Waals surface area contributed by atoms with Gasteiger partial charge >= 0.3 is 0 Å². The van der Waals surface area contributed by atoms with Gasteiger partial charge in [-0.3, -0.25) is 4.90 Å². The molecule has 0 bridgehead atoms. The van der Waals surface area contributed by atoms with Gasteiger partial charge < -0.3 is 15.8 Å². The van der Waals surface area contributed by atoms with Crippen molar-refractivity contribution in [3.05, 3.63) is 12.2 Å². The number of nitrogens with one attached hydrogen (secondary N) is 1. The maximum absolute atomic E-state index is 8.00. The summed E-state index contributed by atoms with van der Waals surface area (Å²) in [6.07, 6.45) is 11.3. The minimum Gasteiger partial charge on any atom is -0.326 e. The smallest absolute Gasteiger partial charge is 0.106 e. The first kappa shape index (κ1) is 91.1. The van der Waals surface area contributed by atoms with Crippen molar-refractivity contribution >= 4 is 6.79 Å². The van der Waals surface area contributed by atoms with Gasteiger partial charge in [0.1, 0.15) is 6.79 Å². The molecule has 0 spiro atoms. The van der Waals surface area contributed by atoms with Gasteiger partial charge in [-0.05, 0) is 70.6 Å². The van der Waals surface area contributed by atoms with Gasteiger partial charge in [0.2, 0.25) is 0 Å². The Hall–Kier alpha value is -0.710. The van der Waals surface area contributed by atoms with Crippen LogP contribution >= 0.6 is 0 Å². The molecule has 1 rings (SSSR count). The van der Waals surface area contributed by atoms with E-state index in [1.54, 1.807) is 0 Å². The first-order valence-electron chi connectivity index (χ1n) is 23.4. The molecule has 1 aliphatic rings. The second-order valence-corrected chi connectivity index (χ2v) is 16.8. The molecule has 3 N–H and O–H groups in total. The topological polar surface area (TPSA) is 58.4 Å². The molecule has 4 nitrogen and oxygen atoms in total. The lowest BCUT2D eigenvalue weighted by molar-refractivity contribution is -0.0980. The number of rotatable bonds is 7. The first-order chi connectivity index (χ1) is 25.2. The predicted molar refractivity (Wildman–Crippen MR) is 278 cm³/mol. The van der Waals surface area contributed by atoms with Gasteiger partial charge in [-0.1, -0.05) is 231 Å². The summed E-state index contributed by atoms with van der Waals surface area (Å²) in [5, 5.41) is 3.28. The van der Waals surface area contributed by atoms with Crippen LogP contribution in [0.1, 0.15) is 280 Å². The van der Waals surface area contributed by atoms with Crippen LogP contribution < -0.4 is 11.1 Å². The molecule has 0 aliphatic carbocycles. The molecule has 0 aromatic heterocycles. The molecule has 1 saturated heterocycles. The van der Waals surface area contributed by atoms with Crippen molar-refractivity contribution in [1.82, 2.24) is 10.2 Å². The zero-order chi connectivity index (χ0) is 47.9. The highest BCUT2D eigenvalue weighted by molar-refractivity contribution is 5.11. The van der Waals surface area contributed by atoms with Crippen LogP contribution in [0, 0.1) is 16.2 Å². The molecule has 0 amide bonds. The van der Waals surface area contributed by atoms with Crippen LogP contribution in [0.2, 0.25) is 0 Å². The molecule has 358 valence electrons. The fourth-order valence-corrected chi connectivity index (χ4v) is 3.88. The number of unbranched alkanes of at least 4 members (excludes halogenated alkanes) is 1. The summed E-state index contributed by atoms with van der Waals surface area (Å²) in [7, 11) is 0. The Kier molecular flexibility index (Phi) is 122. The van der Waals surface area contributed by atoms with Gasteiger partial charge in [-0.15, -0.1) is 6.58 Å². The molecule has 0 aromatic carbocycles. The van der Waals surface area contributed by atoms with Crippen LogP contribution in [0.4, 0.5) is 0 Å². The summed E-state index contributed by atoms with van der Waals surface area (Å²) in [4.78, 5) is 10.4. The zero-order valence-electron chi connectivity index (χ0n) is 45.9.